The number of nitrogens with zero attached hydrogens (tertiary/aromatic N) is 7. The first-order valence-corrected chi connectivity index (χ1v) is 14.0. The number of likely N-dealkylation sites (tertiary alicyclic amines) is 1. The van der Waals surface area contributed by atoms with E-state index in [0.29, 0.717) is 60.4 Å². The smallest absolute Gasteiger partial charge is 0.319 e. The molecular formula is C28H30ClFN8O3. The van der Waals surface area contributed by atoms with Crippen molar-refractivity contribution >= 4 is 45.1 Å². The Labute approximate surface area is 240 Å². The third-order valence-electron chi connectivity index (χ3n) is 7.72. The standard InChI is InChI=1S/C28H30ClFN8O3/c1-3-22(39)37-10-12-38(13-11-37)26-18-7-8-31-27(41-25-19-15-32-35-21(19)14-20(30)23(25)29)24(18)33-28(34-26)40-16-17-6-4-5-9-36(17)2/h3,7-8,14-15,17H,1,4-6,9-13,16H2,2H3,(H,32,35)/t17-/m1/s1. The van der Waals surface area contributed by atoms with Crippen LogP contribution in [0.15, 0.2) is 37.2 Å². The lowest BCUT2D eigenvalue weighted by Gasteiger charge is -2.35. The number of anilines is 1. The molecule has 1 aromatic carbocycles. The van der Waals surface area contributed by atoms with Gasteiger partial charge in [0.15, 0.2) is 5.75 Å². The van der Waals surface area contributed by atoms with Gasteiger partial charge in [0.05, 0.1) is 22.5 Å². The van der Waals surface area contributed by atoms with Crippen LogP contribution in [0.25, 0.3) is 21.8 Å². The Hall–Kier alpha value is -4.03. The van der Waals surface area contributed by atoms with Gasteiger partial charge in [-0.1, -0.05) is 24.6 Å². The summed E-state index contributed by atoms with van der Waals surface area (Å²) in [7, 11) is 2.10. The zero-order chi connectivity index (χ0) is 28.5. The summed E-state index contributed by atoms with van der Waals surface area (Å²) in [5, 5.41) is 7.73. The van der Waals surface area contributed by atoms with Crippen molar-refractivity contribution in [3.63, 3.8) is 0 Å². The number of piperazine rings is 1. The van der Waals surface area contributed by atoms with E-state index in [4.69, 9.17) is 31.0 Å². The number of hydrogen-bond donors (Lipinski definition) is 1. The third-order valence-corrected chi connectivity index (χ3v) is 8.08. The van der Waals surface area contributed by atoms with E-state index >= 15 is 0 Å². The van der Waals surface area contributed by atoms with Crippen molar-refractivity contribution in [3.8, 4) is 17.6 Å². The highest BCUT2D eigenvalue weighted by Gasteiger charge is 2.26. The minimum Gasteiger partial charge on any atom is -0.462 e. The van der Waals surface area contributed by atoms with Gasteiger partial charge >= 0.3 is 6.01 Å². The molecule has 1 amide bonds. The predicted octanol–water partition coefficient (Wildman–Crippen LogP) is 4.18. The number of hydrogen-bond acceptors (Lipinski definition) is 9. The minimum absolute atomic E-state index is 0.0819. The molecule has 0 aliphatic carbocycles. The van der Waals surface area contributed by atoms with Crippen LogP contribution < -0.4 is 14.4 Å². The number of benzene rings is 1. The Balaban J connectivity index is 1.39. The van der Waals surface area contributed by atoms with E-state index in [1.54, 1.807) is 17.2 Å². The van der Waals surface area contributed by atoms with Crippen LogP contribution in [0.5, 0.6) is 17.6 Å². The van der Waals surface area contributed by atoms with Gasteiger partial charge in [-0.2, -0.15) is 15.1 Å². The quantitative estimate of drug-likeness (QED) is 0.322. The predicted molar refractivity (Wildman–Crippen MR) is 153 cm³/mol. The maximum absolute atomic E-state index is 14.6. The Morgan fingerprint density at radius 1 is 1.22 bits per heavy atom. The zero-order valence-corrected chi connectivity index (χ0v) is 23.4. The topological polar surface area (TPSA) is 113 Å². The first-order valence-electron chi connectivity index (χ1n) is 13.6. The average Bonchev–Trinajstić information content (AvgIpc) is 3.46. The average molecular weight is 581 g/mol. The van der Waals surface area contributed by atoms with E-state index in [1.807, 2.05) is 0 Å². The number of piperidine rings is 1. The van der Waals surface area contributed by atoms with Crippen LogP contribution in [0, 0.1) is 5.82 Å². The summed E-state index contributed by atoms with van der Waals surface area (Å²) in [5.74, 6) is 0.0928. The van der Waals surface area contributed by atoms with Gasteiger partial charge in [-0.25, -0.2) is 9.37 Å². The van der Waals surface area contributed by atoms with Crippen LogP contribution in [-0.2, 0) is 4.79 Å². The fourth-order valence-corrected chi connectivity index (χ4v) is 5.56. The molecule has 1 N–H and O–H groups in total. The van der Waals surface area contributed by atoms with E-state index in [2.05, 4.69) is 38.6 Å². The molecule has 4 aromatic rings. The molecule has 0 spiro atoms. The van der Waals surface area contributed by atoms with E-state index < -0.39 is 5.82 Å². The fourth-order valence-electron chi connectivity index (χ4n) is 5.37. The van der Waals surface area contributed by atoms with E-state index in [0.717, 1.165) is 19.4 Å². The number of pyridine rings is 1. The number of aromatic amines is 1. The fraction of sp³-hybridized carbons (Fsp3) is 0.393. The number of aromatic nitrogens is 5. The number of amides is 1. The monoisotopic (exact) mass is 580 g/mol. The van der Waals surface area contributed by atoms with Crippen LogP contribution in [0.3, 0.4) is 0 Å². The zero-order valence-electron chi connectivity index (χ0n) is 22.6. The Kier molecular flexibility index (Phi) is 7.59. The number of carbonyl (C=O) groups excluding carboxylic acids is 1. The second-order valence-electron chi connectivity index (χ2n) is 10.2. The molecule has 41 heavy (non-hydrogen) atoms. The summed E-state index contributed by atoms with van der Waals surface area (Å²) in [6.45, 7) is 7.20. The molecule has 5 heterocycles. The molecule has 2 saturated heterocycles. The summed E-state index contributed by atoms with van der Waals surface area (Å²) in [4.78, 5) is 32.2. The molecule has 0 radical (unpaired) electrons. The Bertz CT molecular complexity index is 1610. The van der Waals surface area contributed by atoms with Gasteiger partial charge in [0.1, 0.15) is 28.8 Å². The molecule has 6 rings (SSSR count). The van der Waals surface area contributed by atoms with E-state index in [-0.39, 0.29) is 34.6 Å². The number of ether oxygens (including phenoxy) is 2. The highest BCUT2D eigenvalue weighted by Crippen LogP contribution is 2.40. The molecule has 11 nitrogen and oxygen atoms in total. The van der Waals surface area contributed by atoms with E-state index in [9.17, 15) is 9.18 Å². The van der Waals surface area contributed by atoms with Crippen LogP contribution in [0.4, 0.5) is 10.2 Å². The molecule has 13 heteroatoms. The van der Waals surface area contributed by atoms with Crippen molar-refractivity contribution in [2.45, 2.75) is 25.3 Å². The van der Waals surface area contributed by atoms with Crippen molar-refractivity contribution in [2.24, 2.45) is 0 Å². The molecule has 1 atom stereocenters. The van der Waals surface area contributed by atoms with Gasteiger partial charge in [0.25, 0.3) is 0 Å². The van der Waals surface area contributed by atoms with Gasteiger partial charge < -0.3 is 24.2 Å². The lowest BCUT2D eigenvalue weighted by atomic mass is 10.0. The molecule has 214 valence electrons. The molecule has 0 unspecified atom stereocenters. The highest BCUT2D eigenvalue weighted by molar-refractivity contribution is 6.33. The van der Waals surface area contributed by atoms with Gasteiger partial charge in [0, 0.05) is 44.5 Å². The molecule has 3 aromatic heterocycles. The second-order valence-corrected chi connectivity index (χ2v) is 10.6. The molecule has 2 aliphatic rings. The first kappa shape index (κ1) is 27.2. The van der Waals surface area contributed by atoms with Gasteiger partial charge in [-0.05, 0) is 38.6 Å². The summed E-state index contributed by atoms with van der Waals surface area (Å²) in [6, 6.07) is 3.51. The number of likely N-dealkylation sites (N-methyl/N-ethyl adjacent to an activating group) is 1. The minimum atomic E-state index is -0.651. The summed E-state index contributed by atoms with van der Waals surface area (Å²) < 4.78 is 27.0. The van der Waals surface area contributed by atoms with Crippen LogP contribution in [-0.4, -0.2) is 93.3 Å². The molecule has 2 fully saturated rings. The Morgan fingerprint density at radius 2 is 2.05 bits per heavy atom. The number of carbonyl (C=O) groups is 1. The van der Waals surface area contributed by atoms with Crippen LogP contribution in [0.1, 0.15) is 19.3 Å². The SMILES string of the molecule is C=CC(=O)N1CCN(c2nc(OC[C@H]3CCCCN3C)nc3c(Oc4c(Cl)c(F)cc5[nH]ncc45)nccc23)CC1. The number of fused-ring (bicyclic) bond motifs is 2. The van der Waals surface area contributed by atoms with Gasteiger partial charge in [-0.3, -0.25) is 9.89 Å². The summed E-state index contributed by atoms with van der Waals surface area (Å²) in [5.41, 5.74) is 0.830. The Morgan fingerprint density at radius 3 is 2.83 bits per heavy atom. The summed E-state index contributed by atoms with van der Waals surface area (Å²) >= 11 is 6.34. The second kappa shape index (κ2) is 11.5. The first-order chi connectivity index (χ1) is 19.9. The summed E-state index contributed by atoms with van der Waals surface area (Å²) in [6.07, 6.45) is 7.77. The normalized spacial score (nSPS) is 18.2. The number of halogens is 2. The van der Waals surface area contributed by atoms with Crippen molar-refractivity contribution in [1.29, 1.82) is 0 Å². The highest BCUT2D eigenvalue weighted by atomic mass is 35.5. The lowest BCUT2D eigenvalue weighted by Crippen LogP contribution is -2.48. The van der Waals surface area contributed by atoms with E-state index in [1.165, 1.54) is 24.8 Å². The van der Waals surface area contributed by atoms with Crippen molar-refractivity contribution < 1.29 is 18.7 Å². The van der Waals surface area contributed by atoms with Gasteiger partial charge in [0.2, 0.25) is 11.8 Å². The number of nitrogens with one attached hydrogen (secondary N) is 1. The maximum Gasteiger partial charge on any atom is 0.319 e. The maximum atomic E-state index is 14.6. The van der Waals surface area contributed by atoms with Crippen molar-refractivity contribution in [3.05, 3.63) is 48.0 Å². The molecule has 0 saturated carbocycles. The number of H-pyrrole nitrogens is 1. The van der Waals surface area contributed by atoms with Gasteiger partial charge in [-0.15, -0.1) is 0 Å². The molecule has 2 aliphatic heterocycles. The third kappa shape index (κ3) is 5.36. The largest absolute Gasteiger partial charge is 0.462 e. The van der Waals surface area contributed by atoms with Crippen molar-refractivity contribution in [1.82, 2.24) is 34.9 Å². The lowest BCUT2D eigenvalue weighted by molar-refractivity contribution is -0.126. The van der Waals surface area contributed by atoms with Crippen LogP contribution >= 0.6 is 11.6 Å². The molecule has 0 bridgehead atoms. The molecular weight excluding hydrogens is 551 g/mol. The van der Waals surface area contributed by atoms with Crippen LogP contribution in [0.2, 0.25) is 5.02 Å². The van der Waals surface area contributed by atoms with Crippen molar-refractivity contribution in [2.75, 3.05) is 51.3 Å². The number of rotatable bonds is 7.